The lowest BCUT2D eigenvalue weighted by molar-refractivity contribution is 0.0112. The van der Waals surface area contributed by atoms with Crippen LogP contribution in [0.3, 0.4) is 0 Å². The third-order valence-electron chi connectivity index (χ3n) is 2.56. The van der Waals surface area contributed by atoms with Crippen molar-refractivity contribution in [2.75, 3.05) is 25.6 Å². The molecule has 18 heavy (non-hydrogen) atoms. The first-order valence-corrected chi connectivity index (χ1v) is 6.21. The zero-order chi connectivity index (χ0) is 13.5. The van der Waals surface area contributed by atoms with E-state index in [0.717, 1.165) is 17.0 Å². The van der Waals surface area contributed by atoms with E-state index in [2.05, 4.69) is 5.32 Å². The summed E-state index contributed by atoms with van der Waals surface area (Å²) in [6, 6.07) is 5.84. The maximum absolute atomic E-state index is 9.72. The van der Waals surface area contributed by atoms with Crippen molar-refractivity contribution in [3.8, 4) is 5.75 Å². The van der Waals surface area contributed by atoms with E-state index in [1.165, 1.54) is 0 Å². The largest absolute Gasteiger partial charge is 0.496 e. The standard InChI is InChI=1S/C14H23NO3/c1-10(2)18-9-13(16)8-15-12-5-6-14(17-4)11(3)7-12/h5-7,10,13,15-16H,8-9H2,1-4H3/t13-/m1/s1. The Morgan fingerprint density at radius 3 is 2.61 bits per heavy atom. The summed E-state index contributed by atoms with van der Waals surface area (Å²) in [5, 5.41) is 12.9. The fourth-order valence-electron chi connectivity index (χ4n) is 1.59. The van der Waals surface area contributed by atoms with Gasteiger partial charge in [0.2, 0.25) is 0 Å². The molecule has 0 unspecified atom stereocenters. The van der Waals surface area contributed by atoms with Crippen LogP contribution in [0, 0.1) is 6.92 Å². The van der Waals surface area contributed by atoms with Crippen LogP contribution in [0.25, 0.3) is 0 Å². The van der Waals surface area contributed by atoms with E-state index >= 15 is 0 Å². The number of hydrogen-bond acceptors (Lipinski definition) is 4. The minimum atomic E-state index is -0.505. The predicted octanol–water partition coefficient (Wildman–Crippen LogP) is 2.20. The van der Waals surface area contributed by atoms with Crippen LogP contribution in [-0.4, -0.2) is 37.6 Å². The molecular formula is C14H23NO3. The second-order valence-corrected chi connectivity index (χ2v) is 4.60. The second-order valence-electron chi connectivity index (χ2n) is 4.60. The summed E-state index contributed by atoms with van der Waals surface area (Å²) in [6.07, 6.45) is -0.363. The molecule has 0 aliphatic rings. The van der Waals surface area contributed by atoms with Gasteiger partial charge in [0.25, 0.3) is 0 Å². The molecule has 0 spiro atoms. The van der Waals surface area contributed by atoms with Gasteiger partial charge in [-0.05, 0) is 44.5 Å². The lowest BCUT2D eigenvalue weighted by atomic mass is 10.2. The van der Waals surface area contributed by atoms with Crippen LogP contribution in [-0.2, 0) is 4.74 Å². The average Bonchev–Trinajstić information content (AvgIpc) is 2.34. The van der Waals surface area contributed by atoms with Crippen molar-refractivity contribution in [3.05, 3.63) is 23.8 Å². The summed E-state index contributed by atoms with van der Waals surface area (Å²) in [5.74, 6) is 0.865. The third kappa shape index (κ3) is 4.94. The van der Waals surface area contributed by atoms with Crippen LogP contribution in [0.5, 0.6) is 5.75 Å². The molecule has 0 radical (unpaired) electrons. The number of methoxy groups -OCH3 is 1. The summed E-state index contributed by atoms with van der Waals surface area (Å²) >= 11 is 0. The van der Waals surface area contributed by atoms with E-state index in [1.54, 1.807) is 7.11 Å². The Hall–Kier alpha value is -1.26. The minimum absolute atomic E-state index is 0.142. The SMILES string of the molecule is COc1ccc(NC[C@@H](O)COC(C)C)cc1C. The van der Waals surface area contributed by atoms with Crippen molar-refractivity contribution in [1.29, 1.82) is 0 Å². The Labute approximate surface area is 109 Å². The van der Waals surface area contributed by atoms with Gasteiger partial charge in [-0.3, -0.25) is 0 Å². The fraction of sp³-hybridized carbons (Fsp3) is 0.571. The number of rotatable bonds is 7. The van der Waals surface area contributed by atoms with Crippen LogP contribution in [0.2, 0.25) is 0 Å². The molecule has 4 heteroatoms. The summed E-state index contributed by atoms with van der Waals surface area (Å²) in [4.78, 5) is 0. The quantitative estimate of drug-likeness (QED) is 0.782. The summed E-state index contributed by atoms with van der Waals surface area (Å²) in [5.41, 5.74) is 2.03. The number of nitrogens with one attached hydrogen (secondary N) is 1. The predicted molar refractivity (Wildman–Crippen MR) is 73.3 cm³/mol. The number of benzene rings is 1. The van der Waals surface area contributed by atoms with Gasteiger partial charge in [-0.25, -0.2) is 0 Å². The molecule has 0 bridgehead atoms. The van der Waals surface area contributed by atoms with Gasteiger partial charge in [-0.15, -0.1) is 0 Å². The molecule has 0 heterocycles. The van der Waals surface area contributed by atoms with Crippen molar-refractivity contribution in [2.24, 2.45) is 0 Å². The second kappa shape index (κ2) is 7.24. The molecular weight excluding hydrogens is 230 g/mol. The lowest BCUT2D eigenvalue weighted by Crippen LogP contribution is -2.26. The zero-order valence-electron chi connectivity index (χ0n) is 11.6. The van der Waals surface area contributed by atoms with Gasteiger partial charge >= 0.3 is 0 Å². The minimum Gasteiger partial charge on any atom is -0.496 e. The Morgan fingerprint density at radius 2 is 2.06 bits per heavy atom. The molecule has 1 atom stereocenters. The molecule has 1 aromatic rings. The summed E-state index contributed by atoms with van der Waals surface area (Å²) < 4.78 is 10.5. The number of aryl methyl sites for hydroxylation is 1. The van der Waals surface area contributed by atoms with Crippen LogP contribution < -0.4 is 10.1 Å². The van der Waals surface area contributed by atoms with Crippen molar-refractivity contribution in [1.82, 2.24) is 0 Å². The summed E-state index contributed by atoms with van der Waals surface area (Å²) in [7, 11) is 1.66. The Morgan fingerprint density at radius 1 is 1.33 bits per heavy atom. The molecule has 0 amide bonds. The van der Waals surface area contributed by atoms with E-state index < -0.39 is 6.10 Å². The molecule has 0 aliphatic heterocycles. The smallest absolute Gasteiger partial charge is 0.121 e. The molecule has 0 saturated heterocycles. The lowest BCUT2D eigenvalue weighted by Gasteiger charge is -2.15. The molecule has 4 nitrogen and oxygen atoms in total. The number of anilines is 1. The van der Waals surface area contributed by atoms with E-state index in [4.69, 9.17) is 9.47 Å². The van der Waals surface area contributed by atoms with E-state index in [9.17, 15) is 5.11 Å². The Balaban J connectivity index is 2.41. The highest BCUT2D eigenvalue weighted by Crippen LogP contribution is 2.21. The Bertz CT molecular complexity index is 366. The van der Waals surface area contributed by atoms with Crippen LogP contribution in [0.4, 0.5) is 5.69 Å². The Kier molecular flexibility index (Phi) is 5.95. The highest BCUT2D eigenvalue weighted by atomic mass is 16.5. The molecule has 2 N–H and O–H groups in total. The topological polar surface area (TPSA) is 50.7 Å². The van der Waals surface area contributed by atoms with Gasteiger partial charge in [0, 0.05) is 12.2 Å². The van der Waals surface area contributed by atoms with Crippen molar-refractivity contribution in [2.45, 2.75) is 33.0 Å². The van der Waals surface area contributed by atoms with E-state index in [1.807, 2.05) is 39.0 Å². The van der Waals surface area contributed by atoms with Crippen molar-refractivity contribution < 1.29 is 14.6 Å². The van der Waals surface area contributed by atoms with Gasteiger partial charge < -0.3 is 19.9 Å². The highest BCUT2D eigenvalue weighted by Gasteiger charge is 2.06. The molecule has 1 aromatic carbocycles. The summed E-state index contributed by atoms with van der Waals surface area (Å²) in [6.45, 7) is 6.71. The molecule has 102 valence electrons. The molecule has 0 saturated carbocycles. The zero-order valence-corrected chi connectivity index (χ0v) is 11.6. The first-order chi connectivity index (χ1) is 8.52. The first kappa shape index (κ1) is 14.8. The molecule has 0 aliphatic carbocycles. The molecule has 0 aromatic heterocycles. The van der Waals surface area contributed by atoms with Gasteiger partial charge in [-0.2, -0.15) is 0 Å². The number of aliphatic hydroxyl groups excluding tert-OH is 1. The van der Waals surface area contributed by atoms with E-state index in [0.29, 0.717) is 13.2 Å². The van der Waals surface area contributed by atoms with Gasteiger partial charge in [0.1, 0.15) is 5.75 Å². The third-order valence-corrected chi connectivity index (χ3v) is 2.56. The van der Waals surface area contributed by atoms with Crippen LogP contribution in [0.15, 0.2) is 18.2 Å². The van der Waals surface area contributed by atoms with Gasteiger partial charge in [0.15, 0.2) is 0 Å². The maximum Gasteiger partial charge on any atom is 0.121 e. The number of hydrogen-bond donors (Lipinski definition) is 2. The van der Waals surface area contributed by atoms with Gasteiger partial charge in [-0.1, -0.05) is 0 Å². The average molecular weight is 253 g/mol. The maximum atomic E-state index is 9.72. The normalized spacial score (nSPS) is 12.6. The van der Waals surface area contributed by atoms with Crippen molar-refractivity contribution >= 4 is 5.69 Å². The monoisotopic (exact) mass is 253 g/mol. The fourth-order valence-corrected chi connectivity index (χ4v) is 1.59. The molecule has 1 rings (SSSR count). The number of aliphatic hydroxyl groups is 1. The highest BCUT2D eigenvalue weighted by molar-refractivity contribution is 5.50. The molecule has 0 fully saturated rings. The van der Waals surface area contributed by atoms with Crippen molar-refractivity contribution in [3.63, 3.8) is 0 Å². The van der Waals surface area contributed by atoms with Crippen LogP contribution >= 0.6 is 0 Å². The van der Waals surface area contributed by atoms with E-state index in [-0.39, 0.29) is 6.10 Å². The van der Waals surface area contributed by atoms with Gasteiger partial charge in [0.05, 0.1) is 25.9 Å². The number of ether oxygens (including phenoxy) is 2. The van der Waals surface area contributed by atoms with Crippen LogP contribution in [0.1, 0.15) is 19.4 Å². The first-order valence-electron chi connectivity index (χ1n) is 6.21.